The second-order valence-corrected chi connectivity index (χ2v) is 10.1. The lowest BCUT2D eigenvalue weighted by Crippen LogP contribution is -2.41. The van der Waals surface area contributed by atoms with Gasteiger partial charge < -0.3 is 4.90 Å². The van der Waals surface area contributed by atoms with Crippen molar-refractivity contribution >= 4 is 28.8 Å². The lowest BCUT2D eigenvalue weighted by atomic mass is 10.1. The van der Waals surface area contributed by atoms with E-state index >= 15 is 0 Å². The van der Waals surface area contributed by atoms with Crippen molar-refractivity contribution in [3.8, 4) is 22.3 Å². The number of aromatic nitrogens is 4. The zero-order chi connectivity index (χ0) is 28.4. The van der Waals surface area contributed by atoms with E-state index in [2.05, 4.69) is 16.3 Å². The molecule has 0 N–H and O–H groups in total. The molecule has 1 amide bonds. The number of amides is 1. The largest absolute Gasteiger partial charge is 0.459 e. The maximum Gasteiger partial charge on any atom is 0.459 e. The van der Waals surface area contributed by atoms with Crippen LogP contribution < -0.4 is 0 Å². The number of nitriles is 1. The Morgan fingerprint density at radius 3 is 2.37 bits per heavy atom. The van der Waals surface area contributed by atoms with Crippen molar-refractivity contribution in [2.75, 3.05) is 6.54 Å². The summed E-state index contributed by atoms with van der Waals surface area (Å²) in [5, 5.41) is 16.0. The predicted molar refractivity (Wildman–Crippen MR) is 118 cm³/mol. The molecule has 0 radical (unpaired) electrons. The fourth-order valence-corrected chi connectivity index (χ4v) is 5.20. The van der Waals surface area contributed by atoms with Crippen LogP contribution >= 0.6 is 22.9 Å². The Kier molecular flexibility index (Phi) is 6.55. The Hall–Kier alpha value is -3.19. The molecule has 0 bridgehead atoms. The van der Waals surface area contributed by atoms with E-state index in [9.17, 15) is 45.2 Å². The molecule has 3 aromatic heterocycles. The molecule has 0 spiro atoms. The number of hydrogen-bond donors (Lipinski definition) is 0. The van der Waals surface area contributed by atoms with Crippen molar-refractivity contribution in [3.05, 3.63) is 39.6 Å². The molecule has 0 unspecified atom stereocenters. The van der Waals surface area contributed by atoms with Gasteiger partial charge in [0, 0.05) is 30.2 Å². The van der Waals surface area contributed by atoms with Crippen LogP contribution in [0.3, 0.4) is 0 Å². The van der Waals surface area contributed by atoms with Gasteiger partial charge in [0.05, 0.1) is 17.8 Å². The first-order valence-electron chi connectivity index (χ1n) is 10.7. The fourth-order valence-electron chi connectivity index (χ4n) is 3.96. The Labute approximate surface area is 217 Å². The van der Waals surface area contributed by atoms with Crippen molar-refractivity contribution in [3.63, 3.8) is 0 Å². The molecule has 1 aliphatic carbocycles. The van der Waals surface area contributed by atoms with Gasteiger partial charge in [0.15, 0.2) is 11.5 Å². The van der Waals surface area contributed by atoms with E-state index in [-0.39, 0.29) is 31.6 Å². The van der Waals surface area contributed by atoms with E-state index in [1.165, 1.54) is 11.0 Å². The highest BCUT2D eigenvalue weighted by molar-refractivity contribution is 7.19. The summed E-state index contributed by atoms with van der Waals surface area (Å²) in [5.74, 6) is -7.60. The highest BCUT2D eigenvalue weighted by atomic mass is 35.5. The van der Waals surface area contributed by atoms with Gasteiger partial charge in [-0.05, 0) is 25.8 Å². The molecule has 38 heavy (non-hydrogen) atoms. The number of rotatable bonds is 6. The van der Waals surface area contributed by atoms with Crippen molar-refractivity contribution < 1.29 is 39.9 Å². The van der Waals surface area contributed by atoms with Crippen LogP contribution in [0.25, 0.3) is 16.3 Å². The van der Waals surface area contributed by atoms with Crippen molar-refractivity contribution in [2.45, 2.75) is 43.6 Å². The Morgan fingerprint density at radius 2 is 1.87 bits per heavy atom. The molecule has 7 nitrogen and oxygen atoms in total. The van der Waals surface area contributed by atoms with Crippen LogP contribution in [-0.2, 0) is 19.1 Å². The van der Waals surface area contributed by atoms with E-state index in [4.69, 9.17) is 11.6 Å². The highest BCUT2D eigenvalue weighted by Crippen LogP contribution is 2.49. The van der Waals surface area contributed by atoms with Crippen LogP contribution in [-0.4, -0.2) is 48.6 Å². The Balaban J connectivity index is 1.76. The molecule has 0 aromatic carbocycles. The zero-order valence-corrected chi connectivity index (χ0v) is 20.8. The lowest BCUT2D eigenvalue weighted by molar-refractivity contribution is -0.292. The lowest BCUT2D eigenvalue weighted by Gasteiger charge is -2.25. The molecular weight excluding hydrogens is 572 g/mol. The Morgan fingerprint density at radius 1 is 1.24 bits per heavy atom. The second-order valence-electron chi connectivity index (χ2n) is 8.41. The quantitative estimate of drug-likeness (QED) is 0.323. The molecule has 3 aromatic rings. The number of aryl methyl sites for hydroxylation is 1. The van der Waals surface area contributed by atoms with E-state index in [0.29, 0.717) is 17.5 Å². The molecule has 3 heterocycles. The van der Waals surface area contributed by atoms with Gasteiger partial charge in [-0.1, -0.05) is 11.6 Å². The first-order valence-corrected chi connectivity index (χ1v) is 11.8. The first kappa shape index (κ1) is 27.8. The third-order valence-electron chi connectivity index (χ3n) is 5.96. The third-order valence-corrected chi connectivity index (χ3v) is 7.37. The van der Waals surface area contributed by atoms with E-state index in [1.54, 1.807) is 6.92 Å². The molecule has 1 fully saturated rings. The van der Waals surface area contributed by atoms with Crippen molar-refractivity contribution in [1.82, 2.24) is 24.5 Å². The number of thiophene rings is 1. The summed E-state index contributed by atoms with van der Waals surface area (Å²) in [6.07, 6.45) is -9.01. The van der Waals surface area contributed by atoms with Gasteiger partial charge in [0.1, 0.15) is 15.4 Å². The highest BCUT2D eigenvalue weighted by Gasteiger charge is 2.64. The van der Waals surface area contributed by atoms with Crippen LogP contribution in [0.1, 0.15) is 41.4 Å². The van der Waals surface area contributed by atoms with Gasteiger partial charge in [0.25, 0.3) is 5.91 Å². The van der Waals surface area contributed by atoms with Gasteiger partial charge in [-0.2, -0.15) is 50.6 Å². The molecule has 204 valence electrons. The second kappa shape index (κ2) is 8.94. The molecule has 0 saturated heterocycles. The maximum absolute atomic E-state index is 14.0. The molecule has 0 aliphatic heterocycles. The number of carbonyl (C=O) groups is 1. The smallest absolute Gasteiger partial charge is 0.320 e. The number of carbonyl (C=O) groups excluding carboxylic acids is 1. The van der Waals surface area contributed by atoms with Crippen molar-refractivity contribution in [2.24, 2.45) is 7.05 Å². The minimum atomic E-state index is -6.33. The van der Waals surface area contributed by atoms with Crippen LogP contribution in [0.15, 0.2) is 18.5 Å². The Bertz CT molecular complexity index is 1440. The average Bonchev–Trinajstić information content (AvgIpc) is 3.12. The van der Waals surface area contributed by atoms with Gasteiger partial charge in [0.2, 0.25) is 0 Å². The van der Waals surface area contributed by atoms with Crippen LogP contribution in [0.5, 0.6) is 0 Å². The van der Waals surface area contributed by atoms with Gasteiger partial charge in [-0.3, -0.25) is 4.79 Å². The molecule has 1 aliphatic rings. The van der Waals surface area contributed by atoms with Crippen LogP contribution in [0.4, 0.5) is 35.1 Å². The van der Waals surface area contributed by atoms with Gasteiger partial charge in [-0.25, -0.2) is 9.36 Å². The minimum absolute atomic E-state index is 0.0218. The third kappa shape index (κ3) is 4.41. The standard InChI is InChI=1S/C21H15ClF8N6OS/c1-3-35(18(9-31)4-5-18)17(37)11-6-12(38-15(11)22)10-7-32-36(8-10)16-13(20(25,26)27)14(33-34(16)2)19(23,24)21(28,29)30/h6-8H,3-5H2,1-2H3. The summed E-state index contributed by atoms with van der Waals surface area (Å²) >= 11 is 7.11. The molecule has 0 atom stereocenters. The summed E-state index contributed by atoms with van der Waals surface area (Å²) < 4.78 is 109. The molecule has 1 saturated carbocycles. The summed E-state index contributed by atoms with van der Waals surface area (Å²) in [7, 11) is 0.767. The zero-order valence-electron chi connectivity index (χ0n) is 19.3. The fraction of sp³-hybridized carbons (Fsp3) is 0.429. The first-order chi connectivity index (χ1) is 17.5. The number of alkyl halides is 8. The average molecular weight is 587 g/mol. The van der Waals surface area contributed by atoms with Gasteiger partial charge >= 0.3 is 18.3 Å². The molecule has 4 rings (SSSR count). The maximum atomic E-state index is 14.0. The normalized spacial score (nSPS) is 15.4. The summed E-state index contributed by atoms with van der Waals surface area (Å²) in [6.45, 7) is 1.90. The predicted octanol–water partition coefficient (Wildman–Crippen LogP) is 6.18. The van der Waals surface area contributed by atoms with Crippen molar-refractivity contribution in [1.29, 1.82) is 5.26 Å². The SMILES string of the molecule is CCN(C(=O)c1cc(-c2cnn(-c3c(C(F)(F)F)c(C(F)(F)C(F)(F)F)nn3C)c2)sc1Cl)C1(C#N)CC1. The summed E-state index contributed by atoms with van der Waals surface area (Å²) in [6, 6.07) is 3.44. The summed E-state index contributed by atoms with van der Waals surface area (Å²) in [5.41, 5.74) is -5.62. The van der Waals surface area contributed by atoms with E-state index in [1.807, 2.05) is 0 Å². The topological polar surface area (TPSA) is 79.7 Å². The van der Waals surface area contributed by atoms with E-state index in [0.717, 1.165) is 30.8 Å². The number of halogens is 9. The summed E-state index contributed by atoms with van der Waals surface area (Å²) in [4.78, 5) is 14.7. The minimum Gasteiger partial charge on any atom is -0.320 e. The molecule has 17 heteroatoms. The van der Waals surface area contributed by atoms with Gasteiger partial charge in [-0.15, -0.1) is 11.3 Å². The number of hydrogen-bond acceptors (Lipinski definition) is 5. The van der Waals surface area contributed by atoms with Crippen LogP contribution in [0.2, 0.25) is 4.34 Å². The van der Waals surface area contributed by atoms with Crippen LogP contribution in [0, 0.1) is 11.3 Å². The van der Waals surface area contributed by atoms with E-state index < -0.39 is 46.8 Å². The monoisotopic (exact) mass is 586 g/mol. The molecular formula is C21H15ClF8N6OS. The number of nitrogens with zero attached hydrogens (tertiary/aromatic N) is 6.